The average Bonchev–Trinajstić information content (AvgIpc) is 3.22. The number of nitrogens with zero attached hydrogens (tertiary/aromatic N) is 2. The first-order valence-corrected chi connectivity index (χ1v) is 10.7. The molecule has 164 valence electrons. The average molecular weight is 423 g/mol. The van der Waals surface area contributed by atoms with Crippen molar-refractivity contribution in [1.29, 1.82) is 0 Å². The van der Waals surface area contributed by atoms with Crippen LogP contribution in [0.4, 0.5) is 0 Å². The Kier molecular flexibility index (Phi) is 8.10. The Hall–Kier alpha value is -3.28. The lowest BCUT2D eigenvalue weighted by atomic mass is 10.0. The number of carboxylic acid groups (broad SMARTS) is 1. The van der Waals surface area contributed by atoms with Gasteiger partial charge in [0.2, 0.25) is 0 Å². The zero-order valence-corrected chi connectivity index (χ0v) is 18.2. The molecule has 1 heterocycles. The van der Waals surface area contributed by atoms with Gasteiger partial charge in [-0.3, -0.25) is 4.79 Å². The van der Waals surface area contributed by atoms with Crippen LogP contribution in [0, 0.1) is 0 Å². The fourth-order valence-electron chi connectivity index (χ4n) is 3.65. The minimum Gasteiger partial charge on any atom is -0.497 e. The fourth-order valence-corrected chi connectivity index (χ4v) is 3.65. The Morgan fingerprint density at radius 2 is 1.39 bits per heavy atom. The minimum absolute atomic E-state index is 0.258. The summed E-state index contributed by atoms with van der Waals surface area (Å²) in [4.78, 5) is 15.3. The maximum Gasteiger partial charge on any atom is 0.303 e. The molecule has 0 aliphatic carbocycles. The van der Waals surface area contributed by atoms with Gasteiger partial charge in [0.05, 0.1) is 31.9 Å². The summed E-state index contributed by atoms with van der Waals surface area (Å²) in [6.45, 7) is 0.865. The Morgan fingerprint density at radius 1 is 0.839 bits per heavy atom. The van der Waals surface area contributed by atoms with E-state index >= 15 is 0 Å². The van der Waals surface area contributed by atoms with E-state index in [0.29, 0.717) is 0 Å². The van der Waals surface area contributed by atoms with Gasteiger partial charge in [0, 0.05) is 24.1 Å². The van der Waals surface area contributed by atoms with E-state index in [1.54, 1.807) is 14.2 Å². The quantitative estimate of drug-likeness (QED) is 0.381. The maximum atomic E-state index is 10.6. The number of imidazole rings is 1. The molecule has 0 radical (unpaired) electrons. The van der Waals surface area contributed by atoms with Crippen LogP contribution in [0.5, 0.6) is 11.5 Å². The van der Waals surface area contributed by atoms with Gasteiger partial charge in [-0.15, -0.1) is 0 Å². The molecule has 0 amide bonds. The largest absolute Gasteiger partial charge is 0.497 e. The first kappa shape index (κ1) is 22.4. The van der Waals surface area contributed by atoms with E-state index in [9.17, 15) is 4.79 Å². The highest BCUT2D eigenvalue weighted by atomic mass is 16.5. The molecule has 0 atom stereocenters. The molecular formula is C25H30N2O4. The molecule has 0 saturated carbocycles. The van der Waals surface area contributed by atoms with Crippen LogP contribution in [0.25, 0.3) is 22.5 Å². The number of ether oxygens (including phenoxy) is 2. The summed E-state index contributed by atoms with van der Waals surface area (Å²) in [6, 6.07) is 16.0. The van der Waals surface area contributed by atoms with Gasteiger partial charge in [-0.25, -0.2) is 4.98 Å². The highest BCUT2D eigenvalue weighted by Crippen LogP contribution is 2.33. The summed E-state index contributed by atoms with van der Waals surface area (Å²) in [5, 5.41) is 8.74. The molecule has 0 bridgehead atoms. The van der Waals surface area contributed by atoms with Crippen molar-refractivity contribution in [3.05, 3.63) is 54.9 Å². The van der Waals surface area contributed by atoms with Gasteiger partial charge in [-0.2, -0.15) is 0 Å². The maximum absolute atomic E-state index is 10.6. The zero-order chi connectivity index (χ0) is 22.1. The van der Waals surface area contributed by atoms with E-state index in [1.807, 2.05) is 42.7 Å². The van der Waals surface area contributed by atoms with Crippen LogP contribution in [-0.4, -0.2) is 34.8 Å². The summed E-state index contributed by atoms with van der Waals surface area (Å²) in [6.07, 6.45) is 7.01. The van der Waals surface area contributed by atoms with Crippen LogP contribution >= 0.6 is 0 Å². The molecule has 0 aliphatic rings. The number of hydrogen-bond donors (Lipinski definition) is 1. The number of aryl methyl sites for hydroxylation is 1. The van der Waals surface area contributed by atoms with Crippen molar-refractivity contribution >= 4 is 5.97 Å². The van der Waals surface area contributed by atoms with Gasteiger partial charge in [0.25, 0.3) is 0 Å². The van der Waals surface area contributed by atoms with Gasteiger partial charge < -0.3 is 19.1 Å². The smallest absolute Gasteiger partial charge is 0.303 e. The van der Waals surface area contributed by atoms with Crippen molar-refractivity contribution in [2.24, 2.45) is 0 Å². The topological polar surface area (TPSA) is 73.6 Å². The summed E-state index contributed by atoms with van der Waals surface area (Å²) in [7, 11) is 3.33. The van der Waals surface area contributed by atoms with Crippen LogP contribution in [0.3, 0.4) is 0 Å². The van der Waals surface area contributed by atoms with Crippen molar-refractivity contribution in [2.75, 3.05) is 14.2 Å². The molecular weight excluding hydrogens is 392 g/mol. The van der Waals surface area contributed by atoms with Crippen LogP contribution in [0.15, 0.2) is 54.9 Å². The zero-order valence-electron chi connectivity index (χ0n) is 18.2. The highest BCUT2D eigenvalue weighted by Gasteiger charge is 2.15. The number of carbonyl (C=O) groups is 1. The molecule has 0 saturated heterocycles. The third-order valence-corrected chi connectivity index (χ3v) is 5.35. The van der Waals surface area contributed by atoms with Crippen LogP contribution < -0.4 is 9.47 Å². The van der Waals surface area contributed by atoms with Crippen LogP contribution in [-0.2, 0) is 11.3 Å². The van der Waals surface area contributed by atoms with Crippen molar-refractivity contribution in [3.63, 3.8) is 0 Å². The molecule has 0 spiro atoms. The predicted octanol–water partition coefficient (Wildman–Crippen LogP) is 5.66. The second-order valence-corrected chi connectivity index (χ2v) is 7.50. The van der Waals surface area contributed by atoms with Crippen molar-refractivity contribution in [1.82, 2.24) is 9.55 Å². The lowest BCUT2D eigenvalue weighted by Crippen LogP contribution is -2.00. The lowest BCUT2D eigenvalue weighted by Gasteiger charge is -2.12. The van der Waals surface area contributed by atoms with Gasteiger partial charge in [0.1, 0.15) is 11.5 Å². The lowest BCUT2D eigenvalue weighted by molar-refractivity contribution is -0.137. The first-order valence-electron chi connectivity index (χ1n) is 10.7. The summed E-state index contributed by atoms with van der Waals surface area (Å²) >= 11 is 0. The number of aromatic nitrogens is 2. The number of benzene rings is 2. The molecule has 1 aromatic heterocycles. The number of methoxy groups -OCH3 is 2. The van der Waals surface area contributed by atoms with Gasteiger partial charge in [-0.05, 0) is 61.4 Å². The van der Waals surface area contributed by atoms with Crippen molar-refractivity contribution in [2.45, 2.75) is 45.1 Å². The second-order valence-electron chi connectivity index (χ2n) is 7.50. The summed E-state index contributed by atoms with van der Waals surface area (Å²) < 4.78 is 12.8. The van der Waals surface area contributed by atoms with E-state index in [4.69, 9.17) is 19.6 Å². The minimum atomic E-state index is -0.714. The first-order chi connectivity index (χ1) is 15.1. The molecule has 0 aliphatic heterocycles. The van der Waals surface area contributed by atoms with E-state index in [2.05, 4.69) is 16.7 Å². The SMILES string of the molecule is COc1ccc(-c2ncn(CCCCCCCC(=O)O)c2-c2ccc(OC)cc2)cc1. The number of aliphatic carboxylic acids is 1. The molecule has 1 N–H and O–H groups in total. The highest BCUT2D eigenvalue weighted by molar-refractivity contribution is 5.79. The van der Waals surface area contributed by atoms with E-state index < -0.39 is 5.97 Å². The molecule has 2 aromatic carbocycles. The number of carboxylic acids is 1. The molecule has 6 heteroatoms. The van der Waals surface area contributed by atoms with Crippen molar-refractivity contribution in [3.8, 4) is 34.0 Å². The van der Waals surface area contributed by atoms with Crippen LogP contribution in [0.1, 0.15) is 38.5 Å². The Morgan fingerprint density at radius 3 is 1.97 bits per heavy atom. The summed E-state index contributed by atoms with van der Waals surface area (Å²) in [5.74, 6) is 0.924. The molecule has 0 unspecified atom stereocenters. The van der Waals surface area contributed by atoms with Crippen LogP contribution in [0.2, 0.25) is 0 Å². The number of unbranched alkanes of at least 4 members (excludes halogenated alkanes) is 4. The van der Waals surface area contributed by atoms with E-state index in [-0.39, 0.29) is 6.42 Å². The molecule has 0 fully saturated rings. The standard InChI is InChI=1S/C25H30N2O4/c1-30-21-13-9-19(10-14-21)24-25(20-11-15-22(31-2)16-12-20)27(18-26-24)17-7-5-3-4-6-8-23(28)29/h9-16,18H,3-8,17H2,1-2H3,(H,28,29). The normalized spacial score (nSPS) is 10.8. The monoisotopic (exact) mass is 422 g/mol. The number of hydrogen-bond acceptors (Lipinski definition) is 4. The molecule has 3 aromatic rings. The van der Waals surface area contributed by atoms with Gasteiger partial charge in [-0.1, -0.05) is 19.3 Å². The third-order valence-electron chi connectivity index (χ3n) is 5.35. The molecule has 6 nitrogen and oxygen atoms in total. The Labute approximate surface area is 183 Å². The van der Waals surface area contributed by atoms with Gasteiger partial charge in [0.15, 0.2) is 0 Å². The Bertz CT molecular complexity index is 962. The molecule has 31 heavy (non-hydrogen) atoms. The summed E-state index contributed by atoms with van der Waals surface area (Å²) in [5.41, 5.74) is 4.15. The van der Waals surface area contributed by atoms with E-state index in [0.717, 1.165) is 72.7 Å². The van der Waals surface area contributed by atoms with E-state index in [1.165, 1.54) is 0 Å². The number of rotatable bonds is 12. The van der Waals surface area contributed by atoms with Gasteiger partial charge >= 0.3 is 5.97 Å². The molecule has 3 rings (SSSR count). The predicted molar refractivity (Wildman–Crippen MR) is 122 cm³/mol. The van der Waals surface area contributed by atoms with Crippen molar-refractivity contribution < 1.29 is 19.4 Å². The third kappa shape index (κ3) is 6.10. The second kappa shape index (κ2) is 11.2. The Balaban J connectivity index is 1.76. The fraction of sp³-hybridized carbons (Fsp3) is 0.360.